The Hall–Kier alpha value is -2.67. The Morgan fingerprint density at radius 2 is 2.36 bits per heavy atom. The topological polar surface area (TPSA) is 84.8 Å². The molecule has 0 unspecified atom stereocenters. The number of carbonyl (C=O) groups excluding carboxylic acids is 1. The van der Waals surface area contributed by atoms with Crippen LogP contribution in [0.3, 0.4) is 0 Å². The molecule has 2 N–H and O–H groups in total. The number of pyridine rings is 1. The molecule has 4 heterocycles. The van der Waals surface area contributed by atoms with Crippen molar-refractivity contribution >= 4 is 16.9 Å². The van der Waals surface area contributed by atoms with Crippen molar-refractivity contribution in [2.75, 3.05) is 13.2 Å². The van der Waals surface area contributed by atoms with Crippen molar-refractivity contribution in [1.82, 2.24) is 25.1 Å². The number of aromatic amines is 1. The van der Waals surface area contributed by atoms with Gasteiger partial charge in [0.05, 0.1) is 12.1 Å². The molecular weight excluding hydrogens is 318 g/mol. The van der Waals surface area contributed by atoms with Crippen LogP contribution in [-0.2, 0) is 23.0 Å². The minimum Gasteiger partial charge on any atom is -0.372 e. The molecule has 1 aliphatic rings. The molecule has 1 amide bonds. The second kappa shape index (κ2) is 6.68. The van der Waals surface area contributed by atoms with Crippen molar-refractivity contribution < 1.29 is 9.53 Å². The SMILES string of the molecule is Cn1nccc1[C@@H]1OCC[C@H]1CNC(=O)Cc1c[nH]c2ncccc12. The van der Waals surface area contributed by atoms with Gasteiger partial charge in [0, 0.05) is 50.1 Å². The average molecular weight is 339 g/mol. The summed E-state index contributed by atoms with van der Waals surface area (Å²) in [4.78, 5) is 19.7. The molecule has 4 rings (SSSR count). The molecule has 0 aliphatic carbocycles. The molecule has 1 saturated heterocycles. The van der Waals surface area contributed by atoms with Gasteiger partial charge >= 0.3 is 0 Å². The molecular formula is C18H21N5O2. The lowest BCUT2D eigenvalue weighted by molar-refractivity contribution is -0.120. The van der Waals surface area contributed by atoms with Crippen LogP contribution in [0.25, 0.3) is 11.0 Å². The molecule has 0 aromatic carbocycles. The Bertz CT molecular complexity index is 884. The first kappa shape index (κ1) is 15.8. The summed E-state index contributed by atoms with van der Waals surface area (Å²) in [6.45, 7) is 1.32. The maximum Gasteiger partial charge on any atom is 0.224 e. The summed E-state index contributed by atoms with van der Waals surface area (Å²) >= 11 is 0. The summed E-state index contributed by atoms with van der Waals surface area (Å²) in [5, 5.41) is 8.26. The molecule has 3 aromatic heterocycles. The standard InChI is InChI=1S/C18H21N5O2/c1-23-15(4-7-22-23)17-12(5-8-25-17)10-20-16(24)9-13-11-21-18-14(13)3-2-6-19-18/h2-4,6-7,11-12,17H,5,8-10H2,1H3,(H,19,21)(H,20,24)/t12-,17+/m0/s1. The van der Waals surface area contributed by atoms with E-state index in [1.54, 1.807) is 12.4 Å². The van der Waals surface area contributed by atoms with E-state index >= 15 is 0 Å². The zero-order valence-electron chi connectivity index (χ0n) is 14.1. The quantitative estimate of drug-likeness (QED) is 0.741. The summed E-state index contributed by atoms with van der Waals surface area (Å²) in [6.07, 6.45) is 6.64. The predicted molar refractivity (Wildman–Crippen MR) is 92.8 cm³/mol. The van der Waals surface area contributed by atoms with Crippen LogP contribution in [0.4, 0.5) is 0 Å². The van der Waals surface area contributed by atoms with Gasteiger partial charge in [0.15, 0.2) is 0 Å². The van der Waals surface area contributed by atoms with E-state index in [2.05, 4.69) is 20.4 Å². The minimum absolute atomic E-state index is 0.00918. The number of nitrogens with one attached hydrogen (secondary N) is 2. The maximum atomic E-state index is 12.4. The van der Waals surface area contributed by atoms with Gasteiger partial charge in [0.2, 0.25) is 5.91 Å². The van der Waals surface area contributed by atoms with Crippen LogP contribution in [0.2, 0.25) is 0 Å². The van der Waals surface area contributed by atoms with Gasteiger partial charge < -0.3 is 15.0 Å². The molecule has 25 heavy (non-hydrogen) atoms. The molecule has 2 atom stereocenters. The average Bonchev–Trinajstić information content (AvgIpc) is 3.33. The lowest BCUT2D eigenvalue weighted by atomic mass is 9.99. The zero-order chi connectivity index (χ0) is 17.2. The third-order valence-electron chi connectivity index (χ3n) is 4.81. The molecule has 0 bridgehead atoms. The lowest BCUT2D eigenvalue weighted by Gasteiger charge is -2.19. The third kappa shape index (κ3) is 3.15. The highest BCUT2D eigenvalue weighted by Gasteiger charge is 2.31. The van der Waals surface area contributed by atoms with E-state index in [0.29, 0.717) is 19.6 Å². The van der Waals surface area contributed by atoms with E-state index in [9.17, 15) is 4.79 Å². The van der Waals surface area contributed by atoms with Gasteiger partial charge in [-0.1, -0.05) is 0 Å². The fourth-order valence-electron chi connectivity index (χ4n) is 3.47. The van der Waals surface area contributed by atoms with E-state index < -0.39 is 0 Å². The van der Waals surface area contributed by atoms with Crippen LogP contribution in [0.5, 0.6) is 0 Å². The van der Waals surface area contributed by atoms with Gasteiger partial charge in [-0.2, -0.15) is 5.10 Å². The summed E-state index contributed by atoms with van der Waals surface area (Å²) < 4.78 is 7.70. The highest BCUT2D eigenvalue weighted by Crippen LogP contribution is 2.33. The molecule has 1 aliphatic heterocycles. The molecule has 1 fully saturated rings. The van der Waals surface area contributed by atoms with Gasteiger partial charge in [0.25, 0.3) is 0 Å². The second-order valence-electron chi connectivity index (χ2n) is 6.41. The van der Waals surface area contributed by atoms with Gasteiger partial charge in [0.1, 0.15) is 11.8 Å². The van der Waals surface area contributed by atoms with E-state index in [4.69, 9.17) is 4.74 Å². The number of hydrogen-bond donors (Lipinski definition) is 2. The molecule has 7 nitrogen and oxygen atoms in total. The molecule has 0 saturated carbocycles. The van der Waals surface area contributed by atoms with Crippen LogP contribution in [0, 0.1) is 5.92 Å². The summed E-state index contributed by atoms with van der Waals surface area (Å²) in [6, 6.07) is 5.83. The summed E-state index contributed by atoms with van der Waals surface area (Å²) in [7, 11) is 1.91. The lowest BCUT2D eigenvalue weighted by Crippen LogP contribution is -2.32. The highest BCUT2D eigenvalue weighted by atomic mass is 16.5. The summed E-state index contributed by atoms with van der Waals surface area (Å²) in [5.41, 5.74) is 2.83. The van der Waals surface area contributed by atoms with Gasteiger partial charge in [-0.25, -0.2) is 4.98 Å². The Balaban J connectivity index is 1.38. The van der Waals surface area contributed by atoms with Gasteiger partial charge in [-0.3, -0.25) is 9.48 Å². The first-order chi connectivity index (χ1) is 12.2. The van der Waals surface area contributed by atoms with Crippen molar-refractivity contribution in [3.63, 3.8) is 0 Å². The fourth-order valence-corrected chi connectivity index (χ4v) is 3.47. The first-order valence-corrected chi connectivity index (χ1v) is 8.49. The van der Waals surface area contributed by atoms with Crippen LogP contribution < -0.4 is 5.32 Å². The van der Waals surface area contributed by atoms with Crippen molar-refractivity contribution in [3.05, 3.63) is 48.0 Å². The molecule has 0 spiro atoms. The molecule has 0 radical (unpaired) electrons. The number of hydrogen-bond acceptors (Lipinski definition) is 4. The first-order valence-electron chi connectivity index (χ1n) is 8.49. The Kier molecular flexibility index (Phi) is 4.23. The van der Waals surface area contributed by atoms with E-state index in [0.717, 1.165) is 28.7 Å². The largest absolute Gasteiger partial charge is 0.372 e. The number of amides is 1. The van der Waals surface area contributed by atoms with Gasteiger partial charge in [-0.05, 0) is 30.2 Å². The molecule has 130 valence electrons. The number of aryl methyl sites for hydroxylation is 1. The predicted octanol–water partition coefficient (Wildman–Crippen LogP) is 1.73. The Labute approximate surface area is 145 Å². The van der Waals surface area contributed by atoms with Crippen molar-refractivity contribution in [1.29, 1.82) is 0 Å². The van der Waals surface area contributed by atoms with Crippen LogP contribution in [-0.4, -0.2) is 38.8 Å². The normalized spacial score (nSPS) is 20.2. The van der Waals surface area contributed by atoms with Gasteiger partial charge in [-0.15, -0.1) is 0 Å². The van der Waals surface area contributed by atoms with Crippen LogP contribution in [0.1, 0.15) is 23.8 Å². The number of aromatic nitrogens is 4. The number of rotatable bonds is 5. The van der Waals surface area contributed by atoms with E-state index in [-0.39, 0.29) is 17.9 Å². The molecule has 7 heteroatoms. The number of carbonyl (C=O) groups is 1. The number of H-pyrrole nitrogens is 1. The Morgan fingerprint density at radius 1 is 1.44 bits per heavy atom. The number of nitrogens with zero attached hydrogens (tertiary/aromatic N) is 3. The monoisotopic (exact) mass is 339 g/mol. The number of fused-ring (bicyclic) bond motifs is 1. The maximum absolute atomic E-state index is 12.4. The smallest absolute Gasteiger partial charge is 0.224 e. The van der Waals surface area contributed by atoms with Crippen molar-refractivity contribution in [3.8, 4) is 0 Å². The zero-order valence-corrected chi connectivity index (χ0v) is 14.1. The van der Waals surface area contributed by atoms with E-state index in [1.165, 1.54) is 0 Å². The fraction of sp³-hybridized carbons (Fsp3) is 0.389. The number of ether oxygens (including phenoxy) is 1. The minimum atomic E-state index is -0.00918. The van der Waals surface area contributed by atoms with Crippen LogP contribution >= 0.6 is 0 Å². The summed E-state index contributed by atoms with van der Waals surface area (Å²) in [5.74, 6) is 0.282. The Morgan fingerprint density at radius 3 is 3.20 bits per heavy atom. The highest BCUT2D eigenvalue weighted by molar-refractivity contribution is 5.87. The third-order valence-corrected chi connectivity index (χ3v) is 4.81. The van der Waals surface area contributed by atoms with Crippen molar-refractivity contribution in [2.24, 2.45) is 13.0 Å². The second-order valence-corrected chi connectivity index (χ2v) is 6.41. The van der Waals surface area contributed by atoms with E-state index in [1.807, 2.05) is 36.1 Å². The van der Waals surface area contributed by atoms with Crippen molar-refractivity contribution in [2.45, 2.75) is 18.9 Å². The van der Waals surface area contributed by atoms with Crippen LogP contribution in [0.15, 0.2) is 36.8 Å². The molecule has 3 aromatic rings.